The Bertz CT molecular complexity index is 808. The highest BCUT2D eigenvalue weighted by Crippen LogP contribution is 2.45. The summed E-state index contributed by atoms with van der Waals surface area (Å²) in [5, 5.41) is 4.54. The van der Waals surface area contributed by atoms with E-state index >= 15 is 0 Å². The number of methoxy groups -OCH3 is 3. The molecule has 1 heterocycles. The first-order valence-electron chi connectivity index (χ1n) is 9.29. The lowest BCUT2D eigenvalue weighted by Gasteiger charge is -2.33. The highest BCUT2D eigenvalue weighted by Gasteiger charge is 2.29. The Hall–Kier alpha value is -1.66. The lowest BCUT2D eigenvalue weighted by Crippen LogP contribution is -2.33. The standard InChI is InChI=1S/C21H26Cl2N2O3/c1-26-18-8-6-15(20(27-2)21(18)28-3)19(25-11-4-9-24-10-12-25)14-5-7-16(22)17(23)13-14/h5-8,13,19,24H,4,9-12H2,1-3H3. The van der Waals surface area contributed by atoms with Crippen LogP contribution in [-0.2, 0) is 0 Å². The fourth-order valence-electron chi connectivity index (χ4n) is 3.73. The van der Waals surface area contributed by atoms with Crippen molar-refractivity contribution in [3.8, 4) is 17.2 Å². The molecule has 1 aliphatic rings. The first-order valence-corrected chi connectivity index (χ1v) is 10.0. The average molecular weight is 425 g/mol. The van der Waals surface area contributed by atoms with Crippen molar-refractivity contribution in [3.63, 3.8) is 0 Å². The van der Waals surface area contributed by atoms with Gasteiger partial charge in [-0.05, 0) is 42.8 Å². The molecule has 0 aromatic heterocycles. The number of rotatable bonds is 6. The van der Waals surface area contributed by atoms with Crippen molar-refractivity contribution in [3.05, 3.63) is 51.5 Å². The summed E-state index contributed by atoms with van der Waals surface area (Å²) in [5.41, 5.74) is 2.06. The van der Waals surface area contributed by atoms with E-state index < -0.39 is 0 Å². The minimum absolute atomic E-state index is 0.0515. The van der Waals surface area contributed by atoms with E-state index in [-0.39, 0.29) is 6.04 Å². The van der Waals surface area contributed by atoms with Crippen molar-refractivity contribution in [1.82, 2.24) is 10.2 Å². The van der Waals surface area contributed by atoms with Crippen LogP contribution in [0.5, 0.6) is 17.2 Å². The molecule has 0 aliphatic carbocycles. The molecule has 152 valence electrons. The Kier molecular flexibility index (Phi) is 7.30. The molecule has 0 amide bonds. The topological polar surface area (TPSA) is 43.0 Å². The van der Waals surface area contributed by atoms with E-state index in [4.69, 9.17) is 37.4 Å². The van der Waals surface area contributed by atoms with Crippen LogP contribution in [0.3, 0.4) is 0 Å². The molecule has 1 atom stereocenters. The number of hydrogen-bond donors (Lipinski definition) is 1. The zero-order valence-corrected chi connectivity index (χ0v) is 17.9. The van der Waals surface area contributed by atoms with E-state index in [0.29, 0.717) is 27.3 Å². The number of halogens is 2. The number of ether oxygens (including phenoxy) is 3. The normalized spacial score (nSPS) is 16.3. The van der Waals surface area contributed by atoms with Crippen molar-refractivity contribution in [2.75, 3.05) is 47.5 Å². The van der Waals surface area contributed by atoms with Crippen molar-refractivity contribution >= 4 is 23.2 Å². The summed E-state index contributed by atoms with van der Waals surface area (Å²) in [6.07, 6.45) is 1.06. The lowest BCUT2D eigenvalue weighted by molar-refractivity contribution is 0.233. The average Bonchev–Trinajstić information content (AvgIpc) is 2.99. The Morgan fingerprint density at radius 3 is 2.36 bits per heavy atom. The monoisotopic (exact) mass is 424 g/mol. The van der Waals surface area contributed by atoms with Crippen LogP contribution in [-0.4, -0.2) is 52.4 Å². The van der Waals surface area contributed by atoms with Gasteiger partial charge >= 0.3 is 0 Å². The van der Waals surface area contributed by atoms with Gasteiger partial charge in [0.05, 0.1) is 37.4 Å². The number of hydrogen-bond acceptors (Lipinski definition) is 5. The Morgan fingerprint density at radius 1 is 0.893 bits per heavy atom. The van der Waals surface area contributed by atoms with Crippen LogP contribution in [0.2, 0.25) is 10.0 Å². The zero-order valence-electron chi connectivity index (χ0n) is 16.4. The maximum absolute atomic E-state index is 6.36. The van der Waals surface area contributed by atoms with Gasteiger partial charge in [-0.1, -0.05) is 29.3 Å². The van der Waals surface area contributed by atoms with E-state index in [0.717, 1.165) is 43.7 Å². The van der Waals surface area contributed by atoms with Crippen molar-refractivity contribution in [1.29, 1.82) is 0 Å². The van der Waals surface area contributed by atoms with E-state index in [1.54, 1.807) is 21.3 Å². The Balaban J connectivity index is 2.17. The summed E-state index contributed by atoms with van der Waals surface area (Å²) in [6, 6.07) is 9.69. The number of nitrogens with one attached hydrogen (secondary N) is 1. The Labute approximate surface area is 176 Å². The molecule has 1 saturated heterocycles. The quantitative estimate of drug-likeness (QED) is 0.743. The highest BCUT2D eigenvalue weighted by atomic mass is 35.5. The molecule has 0 bridgehead atoms. The molecule has 1 unspecified atom stereocenters. The SMILES string of the molecule is COc1ccc(C(c2ccc(Cl)c(Cl)c2)N2CCCNCC2)c(OC)c1OC. The van der Waals surface area contributed by atoms with Gasteiger partial charge in [0.2, 0.25) is 5.75 Å². The summed E-state index contributed by atoms with van der Waals surface area (Å²) in [6.45, 7) is 3.79. The summed E-state index contributed by atoms with van der Waals surface area (Å²) in [4.78, 5) is 2.43. The van der Waals surface area contributed by atoms with E-state index in [2.05, 4.69) is 10.2 Å². The summed E-state index contributed by atoms with van der Waals surface area (Å²) >= 11 is 12.5. The molecule has 3 rings (SSSR count). The van der Waals surface area contributed by atoms with Crippen LogP contribution < -0.4 is 19.5 Å². The van der Waals surface area contributed by atoms with Gasteiger partial charge < -0.3 is 19.5 Å². The second-order valence-electron chi connectivity index (χ2n) is 6.64. The van der Waals surface area contributed by atoms with Gasteiger partial charge in [0.1, 0.15) is 0 Å². The minimum atomic E-state index is -0.0515. The second kappa shape index (κ2) is 9.70. The number of nitrogens with zero attached hydrogens (tertiary/aromatic N) is 1. The summed E-state index contributed by atoms with van der Waals surface area (Å²) in [5.74, 6) is 1.88. The molecule has 5 nitrogen and oxygen atoms in total. The van der Waals surface area contributed by atoms with Crippen LogP contribution in [0.4, 0.5) is 0 Å². The number of benzene rings is 2. The molecule has 0 radical (unpaired) electrons. The predicted molar refractivity (Wildman–Crippen MR) is 113 cm³/mol. The molecule has 0 saturated carbocycles. The van der Waals surface area contributed by atoms with Crippen LogP contribution in [0.1, 0.15) is 23.6 Å². The predicted octanol–water partition coefficient (Wildman–Crippen LogP) is 4.40. The highest BCUT2D eigenvalue weighted by molar-refractivity contribution is 6.42. The van der Waals surface area contributed by atoms with Crippen LogP contribution >= 0.6 is 23.2 Å². The van der Waals surface area contributed by atoms with E-state index in [1.807, 2.05) is 30.3 Å². The van der Waals surface area contributed by atoms with Gasteiger partial charge in [-0.15, -0.1) is 0 Å². The van der Waals surface area contributed by atoms with E-state index in [1.165, 1.54) is 0 Å². The van der Waals surface area contributed by atoms with Gasteiger partial charge in [-0.25, -0.2) is 0 Å². The molecule has 28 heavy (non-hydrogen) atoms. The molecule has 2 aromatic carbocycles. The molecular weight excluding hydrogens is 399 g/mol. The van der Waals surface area contributed by atoms with Crippen LogP contribution in [0, 0.1) is 0 Å². The van der Waals surface area contributed by atoms with Gasteiger partial charge in [0.15, 0.2) is 11.5 Å². The molecule has 0 spiro atoms. The second-order valence-corrected chi connectivity index (χ2v) is 7.45. The first-order chi connectivity index (χ1) is 13.6. The molecule has 1 fully saturated rings. The largest absolute Gasteiger partial charge is 0.493 e. The van der Waals surface area contributed by atoms with Gasteiger partial charge in [0.25, 0.3) is 0 Å². The molecular formula is C21H26Cl2N2O3. The molecule has 2 aromatic rings. The third-order valence-corrected chi connectivity index (χ3v) is 5.77. The van der Waals surface area contributed by atoms with Gasteiger partial charge in [-0.2, -0.15) is 0 Å². The van der Waals surface area contributed by atoms with Crippen LogP contribution in [0.25, 0.3) is 0 Å². The fraction of sp³-hybridized carbons (Fsp3) is 0.429. The van der Waals surface area contributed by atoms with Crippen molar-refractivity contribution in [2.24, 2.45) is 0 Å². The van der Waals surface area contributed by atoms with E-state index in [9.17, 15) is 0 Å². The van der Waals surface area contributed by atoms with Gasteiger partial charge in [0, 0.05) is 25.2 Å². The Morgan fingerprint density at radius 2 is 1.68 bits per heavy atom. The van der Waals surface area contributed by atoms with Crippen LogP contribution in [0.15, 0.2) is 30.3 Å². The first kappa shape index (κ1) is 21.1. The summed E-state index contributed by atoms with van der Waals surface area (Å²) in [7, 11) is 4.89. The zero-order chi connectivity index (χ0) is 20.1. The van der Waals surface area contributed by atoms with Crippen molar-refractivity contribution in [2.45, 2.75) is 12.5 Å². The smallest absolute Gasteiger partial charge is 0.203 e. The third kappa shape index (κ3) is 4.33. The maximum atomic E-state index is 6.36. The minimum Gasteiger partial charge on any atom is -0.493 e. The molecule has 1 N–H and O–H groups in total. The fourth-order valence-corrected chi connectivity index (χ4v) is 4.04. The van der Waals surface area contributed by atoms with Gasteiger partial charge in [-0.3, -0.25) is 4.90 Å². The molecule has 1 aliphatic heterocycles. The maximum Gasteiger partial charge on any atom is 0.203 e. The summed E-state index contributed by atoms with van der Waals surface area (Å²) < 4.78 is 16.8. The molecule has 7 heteroatoms. The third-order valence-electron chi connectivity index (χ3n) is 5.03. The lowest BCUT2D eigenvalue weighted by atomic mass is 9.95. The van der Waals surface area contributed by atoms with Crippen molar-refractivity contribution < 1.29 is 14.2 Å².